The second kappa shape index (κ2) is 9.75. The summed E-state index contributed by atoms with van der Waals surface area (Å²) < 4.78 is 5.16. The van der Waals surface area contributed by atoms with Crippen LogP contribution in [0.15, 0.2) is 77.8 Å². The van der Waals surface area contributed by atoms with Gasteiger partial charge in [-0.05, 0) is 55.5 Å². The number of amides is 2. The third kappa shape index (κ3) is 5.83. The predicted octanol–water partition coefficient (Wildman–Crippen LogP) is 4.46. The second-order valence-electron chi connectivity index (χ2n) is 6.18. The molecule has 2 N–H and O–H groups in total. The van der Waals surface area contributed by atoms with Crippen LogP contribution < -0.4 is 15.4 Å². The van der Waals surface area contributed by atoms with E-state index in [9.17, 15) is 9.59 Å². The first-order valence-electron chi connectivity index (χ1n) is 8.99. The van der Waals surface area contributed by atoms with E-state index in [1.165, 1.54) is 11.8 Å². The molecule has 0 radical (unpaired) electrons. The van der Waals surface area contributed by atoms with Crippen molar-refractivity contribution in [2.75, 3.05) is 17.7 Å². The van der Waals surface area contributed by atoms with Gasteiger partial charge in [0.1, 0.15) is 11.6 Å². The van der Waals surface area contributed by atoms with Crippen molar-refractivity contribution in [2.45, 2.75) is 17.1 Å². The Hall–Kier alpha value is -3.32. The molecule has 0 spiro atoms. The van der Waals surface area contributed by atoms with Gasteiger partial charge in [-0.15, -0.1) is 11.8 Å². The fourth-order valence-corrected chi connectivity index (χ4v) is 3.46. The number of carbonyl (C=O) groups is 2. The summed E-state index contributed by atoms with van der Waals surface area (Å²) in [5.41, 5.74) is 1.16. The SMILES string of the molecule is COc1cccc(C(=O)Nc2cccc(SC(C)C(=O)Nc3ccccn3)c2)c1. The molecule has 0 saturated carbocycles. The van der Waals surface area contributed by atoms with Crippen LogP contribution in [0.3, 0.4) is 0 Å². The average Bonchev–Trinajstić information content (AvgIpc) is 2.74. The van der Waals surface area contributed by atoms with Gasteiger partial charge < -0.3 is 15.4 Å². The standard InChI is InChI=1S/C22H21N3O3S/c1-15(21(26)25-20-11-3-4-12-23-20)29-19-10-6-8-17(14-19)24-22(27)16-7-5-9-18(13-16)28-2/h3-15H,1-2H3,(H,24,27)(H,23,25,26). The zero-order chi connectivity index (χ0) is 20.6. The van der Waals surface area contributed by atoms with Gasteiger partial charge in [-0.2, -0.15) is 0 Å². The lowest BCUT2D eigenvalue weighted by atomic mass is 10.2. The highest BCUT2D eigenvalue weighted by atomic mass is 32.2. The average molecular weight is 407 g/mol. The maximum atomic E-state index is 12.5. The Morgan fingerprint density at radius 3 is 2.59 bits per heavy atom. The number of anilines is 2. The predicted molar refractivity (Wildman–Crippen MR) is 116 cm³/mol. The molecule has 6 nitrogen and oxygen atoms in total. The van der Waals surface area contributed by atoms with Crippen molar-refractivity contribution < 1.29 is 14.3 Å². The van der Waals surface area contributed by atoms with E-state index in [0.29, 0.717) is 22.8 Å². The lowest BCUT2D eigenvalue weighted by Gasteiger charge is -2.13. The molecular formula is C22H21N3O3S. The Labute approximate surface area is 173 Å². The molecule has 7 heteroatoms. The van der Waals surface area contributed by atoms with E-state index in [-0.39, 0.29) is 17.1 Å². The second-order valence-corrected chi connectivity index (χ2v) is 7.59. The van der Waals surface area contributed by atoms with Gasteiger partial charge in [-0.1, -0.05) is 18.2 Å². The van der Waals surface area contributed by atoms with Gasteiger partial charge in [0.05, 0.1) is 12.4 Å². The number of pyridine rings is 1. The Morgan fingerprint density at radius 1 is 1.00 bits per heavy atom. The molecule has 0 bridgehead atoms. The molecule has 29 heavy (non-hydrogen) atoms. The molecule has 1 unspecified atom stereocenters. The van der Waals surface area contributed by atoms with Crippen LogP contribution >= 0.6 is 11.8 Å². The summed E-state index contributed by atoms with van der Waals surface area (Å²) in [7, 11) is 1.56. The van der Waals surface area contributed by atoms with Crippen LogP contribution in [0, 0.1) is 0 Å². The largest absolute Gasteiger partial charge is 0.497 e. The molecule has 0 aliphatic rings. The minimum absolute atomic E-state index is 0.139. The van der Waals surface area contributed by atoms with Crippen molar-refractivity contribution in [3.05, 3.63) is 78.5 Å². The van der Waals surface area contributed by atoms with Gasteiger partial charge in [0.2, 0.25) is 5.91 Å². The quantitative estimate of drug-likeness (QED) is 0.565. The van der Waals surface area contributed by atoms with Crippen molar-refractivity contribution in [2.24, 2.45) is 0 Å². The van der Waals surface area contributed by atoms with Gasteiger partial charge in [-0.3, -0.25) is 9.59 Å². The van der Waals surface area contributed by atoms with Crippen LogP contribution in [0.1, 0.15) is 17.3 Å². The molecular weight excluding hydrogens is 386 g/mol. The highest BCUT2D eigenvalue weighted by molar-refractivity contribution is 8.00. The highest BCUT2D eigenvalue weighted by Crippen LogP contribution is 2.27. The third-order valence-corrected chi connectivity index (χ3v) is 5.12. The number of aromatic nitrogens is 1. The van der Waals surface area contributed by atoms with Gasteiger partial charge in [-0.25, -0.2) is 4.98 Å². The van der Waals surface area contributed by atoms with E-state index in [4.69, 9.17) is 4.74 Å². The lowest BCUT2D eigenvalue weighted by Crippen LogP contribution is -2.22. The molecule has 1 atom stereocenters. The van der Waals surface area contributed by atoms with E-state index >= 15 is 0 Å². The number of nitrogens with zero attached hydrogens (tertiary/aromatic N) is 1. The molecule has 148 valence electrons. The number of benzene rings is 2. The van der Waals surface area contributed by atoms with E-state index in [1.807, 2.05) is 31.2 Å². The summed E-state index contributed by atoms with van der Waals surface area (Å²) in [6.07, 6.45) is 1.63. The first kappa shape index (κ1) is 20.4. The van der Waals surface area contributed by atoms with Crippen LogP contribution in [0.4, 0.5) is 11.5 Å². The van der Waals surface area contributed by atoms with E-state index < -0.39 is 0 Å². The van der Waals surface area contributed by atoms with Crippen LogP contribution in [0.25, 0.3) is 0 Å². The lowest BCUT2D eigenvalue weighted by molar-refractivity contribution is -0.115. The van der Waals surface area contributed by atoms with Crippen LogP contribution in [0.2, 0.25) is 0 Å². The summed E-state index contributed by atoms with van der Waals surface area (Å²) in [6, 6.07) is 19.7. The highest BCUT2D eigenvalue weighted by Gasteiger charge is 2.15. The summed E-state index contributed by atoms with van der Waals surface area (Å²) in [6.45, 7) is 1.82. The zero-order valence-corrected chi connectivity index (χ0v) is 16.9. The monoisotopic (exact) mass is 407 g/mol. The number of rotatable bonds is 7. The summed E-state index contributed by atoms with van der Waals surface area (Å²) in [4.78, 5) is 29.8. The van der Waals surface area contributed by atoms with Crippen LogP contribution in [-0.4, -0.2) is 29.2 Å². The first-order chi connectivity index (χ1) is 14.0. The number of ether oxygens (including phenoxy) is 1. The normalized spacial score (nSPS) is 11.4. The molecule has 0 saturated heterocycles. The number of methoxy groups -OCH3 is 1. The fraction of sp³-hybridized carbons (Fsp3) is 0.136. The van der Waals surface area contributed by atoms with Gasteiger partial charge in [0.15, 0.2) is 0 Å². The minimum atomic E-state index is -0.332. The zero-order valence-electron chi connectivity index (χ0n) is 16.1. The number of thioether (sulfide) groups is 1. The molecule has 2 amide bonds. The summed E-state index contributed by atoms with van der Waals surface area (Å²) in [5, 5.41) is 5.33. The van der Waals surface area contributed by atoms with E-state index in [2.05, 4.69) is 15.6 Å². The number of carbonyl (C=O) groups excluding carboxylic acids is 2. The van der Waals surface area contributed by atoms with Crippen LogP contribution in [-0.2, 0) is 4.79 Å². The van der Waals surface area contributed by atoms with Gasteiger partial charge in [0.25, 0.3) is 5.91 Å². The Balaban J connectivity index is 1.62. The Bertz CT molecular complexity index is 995. The molecule has 1 heterocycles. The number of hydrogen-bond acceptors (Lipinski definition) is 5. The molecule has 0 aliphatic heterocycles. The molecule has 2 aromatic carbocycles. The number of nitrogens with one attached hydrogen (secondary N) is 2. The first-order valence-corrected chi connectivity index (χ1v) is 9.87. The van der Waals surface area contributed by atoms with Crippen molar-refractivity contribution in [3.63, 3.8) is 0 Å². The summed E-state index contributed by atoms with van der Waals surface area (Å²) in [5.74, 6) is 0.769. The Morgan fingerprint density at radius 2 is 1.83 bits per heavy atom. The topological polar surface area (TPSA) is 80.3 Å². The fourth-order valence-electron chi connectivity index (χ4n) is 2.54. The smallest absolute Gasteiger partial charge is 0.255 e. The maximum Gasteiger partial charge on any atom is 0.255 e. The van der Waals surface area contributed by atoms with Crippen molar-refractivity contribution >= 4 is 35.1 Å². The molecule has 3 aromatic rings. The van der Waals surface area contributed by atoms with E-state index in [1.54, 1.807) is 55.8 Å². The number of hydrogen-bond donors (Lipinski definition) is 2. The van der Waals surface area contributed by atoms with Crippen molar-refractivity contribution in [1.82, 2.24) is 4.98 Å². The van der Waals surface area contributed by atoms with Crippen molar-refractivity contribution in [3.8, 4) is 5.75 Å². The molecule has 0 fully saturated rings. The van der Waals surface area contributed by atoms with Gasteiger partial charge >= 0.3 is 0 Å². The minimum Gasteiger partial charge on any atom is -0.497 e. The summed E-state index contributed by atoms with van der Waals surface area (Å²) >= 11 is 1.40. The maximum absolute atomic E-state index is 12.5. The van der Waals surface area contributed by atoms with Crippen LogP contribution in [0.5, 0.6) is 5.75 Å². The van der Waals surface area contributed by atoms with E-state index in [0.717, 1.165) is 4.90 Å². The molecule has 0 aliphatic carbocycles. The Kier molecular flexibility index (Phi) is 6.86. The van der Waals surface area contributed by atoms with Gasteiger partial charge in [0, 0.05) is 22.3 Å². The molecule has 3 rings (SSSR count). The van der Waals surface area contributed by atoms with Crippen molar-refractivity contribution in [1.29, 1.82) is 0 Å². The molecule has 1 aromatic heterocycles. The third-order valence-electron chi connectivity index (χ3n) is 4.02.